The van der Waals surface area contributed by atoms with Crippen molar-refractivity contribution in [2.75, 3.05) is 32.8 Å². The third kappa shape index (κ3) is 3.70. The number of morpholine rings is 1. The Bertz CT molecular complexity index is 356. The van der Waals surface area contributed by atoms with Crippen LogP contribution < -0.4 is 11.1 Å². The van der Waals surface area contributed by atoms with Crippen molar-refractivity contribution in [1.82, 2.24) is 10.2 Å². The van der Waals surface area contributed by atoms with Gasteiger partial charge in [-0.15, -0.1) is 0 Å². The predicted octanol–water partition coefficient (Wildman–Crippen LogP) is -0.275. The monoisotopic (exact) mass is 283 g/mol. The van der Waals surface area contributed by atoms with E-state index < -0.39 is 11.9 Å². The maximum atomic E-state index is 12.4. The Hall–Kier alpha value is -1.14. The molecule has 2 aliphatic rings. The van der Waals surface area contributed by atoms with Gasteiger partial charge in [-0.1, -0.05) is 6.92 Å². The van der Waals surface area contributed by atoms with Crippen molar-refractivity contribution in [3.8, 4) is 0 Å². The van der Waals surface area contributed by atoms with E-state index in [1.165, 1.54) is 12.8 Å². The molecule has 2 fully saturated rings. The number of nitrogens with two attached hydrogens (primary N) is 1. The van der Waals surface area contributed by atoms with Crippen molar-refractivity contribution in [3.63, 3.8) is 0 Å². The second-order valence-electron chi connectivity index (χ2n) is 5.87. The van der Waals surface area contributed by atoms with Crippen LogP contribution in [0.2, 0.25) is 0 Å². The number of hydrogen-bond acceptors (Lipinski definition) is 4. The van der Waals surface area contributed by atoms with Crippen LogP contribution in [0.25, 0.3) is 0 Å². The summed E-state index contributed by atoms with van der Waals surface area (Å²) in [5.41, 5.74) is 5.35. The van der Waals surface area contributed by atoms with Gasteiger partial charge < -0.3 is 20.7 Å². The number of piperidine rings is 1. The fourth-order valence-electron chi connectivity index (χ4n) is 3.06. The van der Waals surface area contributed by atoms with Crippen LogP contribution in [0, 0.1) is 11.8 Å². The summed E-state index contributed by atoms with van der Waals surface area (Å²) in [7, 11) is 0. The first-order valence-electron chi connectivity index (χ1n) is 7.47. The molecule has 0 aromatic heterocycles. The highest BCUT2D eigenvalue weighted by Gasteiger charge is 2.33. The second kappa shape index (κ2) is 7.04. The highest BCUT2D eigenvalue weighted by Crippen LogP contribution is 2.24. The van der Waals surface area contributed by atoms with Crippen molar-refractivity contribution in [2.24, 2.45) is 17.6 Å². The van der Waals surface area contributed by atoms with E-state index in [0.717, 1.165) is 13.1 Å². The fraction of sp³-hybridized carbons (Fsp3) is 0.857. The van der Waals surface area contributed by atoms with Crippen LogP contribution in [0.3, 0.4) is 0 Å². The van der Waals surface area contributed by atoms with Crippen LogP contribution in [0.1, 0.15) is 26.2 Å². The third-order valence-electron chi connectivity index (χ3n) is 4.41. The van der Waals surface area contributed by atoms with Crippen molar-refractivity contribution >= 4 is 11.8 Å². The lowest BCUT2D eigenvalue weighted by atomic mass is 9.85. The van der Waals surface area contributed by atoms with Crippen LogP contribution in [0.5, 0.6) is 0 Å². The van der Waals surface area contributed by atoms with E-state index in [1.807, 2.05) is 0 Å². The first-order chi connectivity index (χ1) is 9.59. The predicted molar refractivity (Wildman–Crippen MR) is 74.9 cm³/mol. The zero-order chi connectivity index (χ0) is 14.5. The summed E-state index contributed by atoms with van der Waals surface area (Å²) in [5.74, 6) is 0.410. The molecular formula is C14H25N3O3. The van der Waals surface area contributed by atoms with Gasteiger partial charge in [-0.05, 0) is 37.8 Å². The average molecular weight is 283 g/mol. The van der Waals surface area contributed by atoms with Crippen LogP contribution in [-0.4, -0.2) is 55.6 Å². The number of carbonyl (C=O) groups is 2. The summed E-state index contributed by atoms with van der Waals surface area (Å²) in [6, 6.07) is -0.604. The quantitative estimate of drug-likeness (QED) is 0.743. The van der Waals surface area contributed by atoms with E-state index in [1.54, 1.807) is 4.90 Å². The average Bonchev–Trinajstić information content (AvgIpc) is 2.48. The molecule has 0 spiro atoms. The first kappa shape index (κ1) is 15.3. The molecule has 2 amide bonds. The van der Waals surface area contributed by atoms with E-state index >= 15 is 0 Å². The molecule has 0 bridgehead atoms. The SMILES string of the molecule is CC(CC(=O)N1CCOCC1C(N)=O)C1CCCNC1. The number of nitrogens with one attached hydrogen (secondary N) is 1. The lowest BCUT2D eigenvalue weighted by Gasteiger charge is -2.35. The Morgan fingerprint density at radius 3 is 2.95 bits per heavy atom. The molecule has 0 aromatic rings. The molecule has 0 aromatic carbocycles. The van der Waals surface area contributed by atoms with E-state index in [0.29, 0.717) is 31.4 Å². The molecule has 2 rings (SSSR count). The van der Waals surface area contributed by atoms with Crippen molar-refractivity contribution in [3.05, 3.63) is 0 Å². The molecule has 0 saturated carbocycles. The smallest absolute Gasteiger partial charge is 0.242 e. The molecule has 20 heavy (non-hydrogen) atoms. The molecule has 2 saturated heterocycles. The van der Waals surface area contributed by atoms with Crippen molar-refractivity contribution < 1.29 is 14.3 Å². The van der Waals surface area contributed by atoms with Gasteiger partial charge in [-0.2, -0.15) is 0 Å². The van der Waals surface area contributed by atoms with Gasteiger partial charge in [-0.25, -0.2) is 0 Å². The van der Waals surface area contributed by atoms with Crippen LogP contribution in [0.15, 0.2) is 0 Å². The highest BCUT2D eigenvalue weighted by atomic mass is 16.5. The standard InChI is InChI=1S/C14H25N3O3/c1-10(11-3-2-4-16-8-11)7-13(18)17-5-6-20-9-12(17)14(15)19/h10-12,16H,2-9H2,1H3,(H2,15,19). The zero-order valence-corrected chi connectivity index (χ0v) is 12.1. The van der Waals surface area contributed by atoms with E-state index in [2.05, 4.69) is 12.2 Å². The maximum Gasteiger partial charge on any atom is 0.242 e. The van der Waals surface area contributed by atoms with Crippen LogP contribution in [-0.2, 0) is 14.3 Å². The molecule has 3 N–H and O–H groups in total. The van der Waals surface area contributed by atoms with Crippen molar-refractivity contribution in [2.45, 2.75) is 32.2 Å². The lowest BCUT2D eigenvalue weighted by Crippen LogP contribution is -2.55. The maximum absolute atomic E-state index is 12.4. The van der Waals surface area contributed by atoms with Gasteiger partial charge in [0.25, 0.3) is 0 Å². The summed E-state index contributed by atoms with van der Waals surface area (Å²) in [6.45, 7) is 5.34. The largest absolute Gasteiger partial charge is 0.377 e. The van der Waals surface area contributed by atoms with E-state index in [9.17, 15) is 9.59 Å². The fourth-order valence-corrected chi connectivity index (χ4v) is 3.06. The minimum atomic E-state index is -0.604. The van der Waals surface area contributed by atoms with Gasteiger partial charge in [0.05, 0.1) is 13.2 Å². The molecular weight excluding hydrogens is 258 g/mol. The normalized spacial score (nSPS) is 28.9. The van der Waals surface area contributed by atoms with E-state index in [-0.39, 0.29) is 12.5 Å². The number of carbonyl (C=O) groups excluding carboxylic acids is 2. The second-order valence-corrected chi connectivity index (χ2v) is 5.87. The summed E-state index contributed by atoms with van der Waals surface area (Å²) in [6.07, 6.45) is 2.82. The molecule has 2 heterocycles. The summed E-state index contributed by atoms with van der Waals surface area (Å²) >= 11 is 0. The number of hydrogen-bond donors (Lipinski definition) is 2. The summed E-state index contributed by atoms with van der Waals surface area (Å²) < 4.78 is 5.24. The number of rotatable bonds is 4. The summed E-state index contributed by atoms with van der Waals surface area (Å²) in [4.78, 5) is 25.4. The molecule has 114 valence electrons. The van der Waals surface area contributed by atoms with Gasteiger partial charge in [0.1, 0.15) is 6.04 Å². The number of nitrogens with zero attached hydrogens (tertiary/aromatic N) is 1. The highest BCUT2D eigenvalue weighted by molar-refractivity contribution is 5.87. The Morgan fingerprint density at radius 1 is 1.50 bits per heavy atom. The molecule has 0 aliphatic carbocycles. The summed E-state index contributed by atoms with van der Waals surface area (Å²) in [5, 5.41) is 3.38. The Labute approximate surface area is 120 Å². The van der Waals surface area contributed by atoms with Crippen LogP contribution >= 0.6 is 0 Å². The Kier molecular flexibility index (Phi) is 5.37. The molecule has 6 nitrogen and oxygen atoms in total. The van der Waals surface area contributed by atoms with Gasteiger partial charge in [0.2, 0.25) is 11.8 Å². The number of ether oxygens (including phenoxy) is 1. The lowest BCUT2D eigenvalue weighted by molar-refractivity contribution is -0.148. The molecule has 3 atom stereocenters. The minimum Gasteiger partial charge on any atom is -0.377 e. The van der Waals surface area contributed by atoms with Crippen molar-refractivity contribution in [1.29, 1.82) is 0 Å². The van der Waals surface area contributed by atoms with Gasteiger partial charge >= 0.3 is 0 Å². The number of amides is 2. The van der Waals surface area contributed by atoms with Gasteiger partial charge in [0, 0.05) is 13.0 Å². The Balaban J connectivity index is 1.90. The molecule has 3 unspecified atom stereocenters. The molecule has 6 heteroatoms. The van der Waals surface area contributed by atoms with Crippen LogP contribution in [0.4, 0.5) is 0 Å². The topological polar surface area (TPSA) is 84.7 Å². The van der Waals surface area contributed by atoms with E-state index in [4.69, 9.17) is 10.5 Å². The molecule has 2 aliphatic heterocycles. The van der Waals surface area contributed by atoms with Gasteiger partial charge in [-0.3, -0.25) is 9.59 Å². The molecule has 0 radical (unpaired) electrons. The first-order valence-corrected chi connectivity index (χ1v) is 7.47. The third-order valence-corrected chi connectivity index (χ3v) is 4.41. The number of primary amides is 1. The zero-order valence-electron chi connectivity index (χ0n) is 12.1. The van der Waals surface area contributed by atoms with Gasteiger partial charge in [0.15, 0.2) is 0 Å². The Morgan fingerprint density at radius 2 is 2.30 bits per heavy atom. The minimum absolute atomic E-state index is 0.0233.